The first-order chi connectivity index (χ1) is 11.1. The maximum absolute atomic E-state index is 12.1. The minimum Gasteiger partial charge on any atom is -0.354 e. The Labute approximate surface area is 134 Å². The van der Waals surface area contributed by atoms with Crippen LogP contribution >= 0.6 is 0 Å². The summed E-state index contributed by atoms with van der Waals surface area (Å²) in [6.45, 7) is 3.77. The first-order valence-electron chi connectivity index (χ1n) is 7.77. The summed E-state index contributed by atoms with van der Waals surface area (Å²) in [7, 11) is 1.79. The van der Waals surface area contributed by atoms with Crippen molar-refractivity contribution in [1.82, 2.24) is 19.9 Å². The molecule has 23 heavy (non-hydrogen) atoms. The molecule has 1 aliphatic heterocycles. The van der Waals surface area contributed by atoms with Gasteiger partial charge in [-0.25, -0.2) is 9.97 Å². The predicted octanol–water partition coefficient (Wildman–Crippen LogP) is 1.54. The fraction of sp³-hybridized carbons (Fsp3) is 0.500. The van der Waals surface area contributed by atoms with Gasteiger partial charge in [0.15, 0.2) is 0 Å². The van der Waals surface area contributed by atoms with E-state index in [1.165, 1.54) is 0 Å². The second-order valence-corrected chi connectivity index (χ2v) is 6.06. The minimum absolute atomic E-state index is 0.0741. The topological polar surface area (TPSA) is 88.9 Å². The Bertz CT molecular complexity index is 748. The van der Waals surface area contributed by atoms with Crippen LogP contribution in [0.15, 0.2) is 18.6 Å². The van der Waals surface area contributed by atoms with Crippen molar-refractivity contribution >= 4 is 22.8 Å². The quantitative estimate of drug-likeness (QED) is 0.928. The second kappa shape index (κ2) is 6.24. The van der Waals surface area contributed by atoms with Crippen LogP contribution in [-0.4, -0.2) is 51.9 Å². The van der Waals surface area contributed by atoms with Crippen molar-refractivity contribution in [3.63, 3.8) is 0 Å². The zero-order valence-corrected chi connectivity index (χ0v) is 13.4. The van der Waals surface area contributed by atoms with Crippen molar-refractivity contribution in [3.8, 4) is 6.07 Å². The fourth-order valence-electron chi connectivity index (χ4n) is 3.23. The average molecular weight is 312 g/mol. The van der Waals surface area contributed by atoms with Gasteiger partial charge in [0, 0.05) is 26.3 Å². The molecule has 2 aromatic heterocycles. The van der Waals surface area contributed by atoms with Gasteiger partial charge in [0.05, 0.1) is 17.5 Å². The molecule has 0 bridgehead atoms. The molecular formula is C16H20N6O. The second-order valence-electron chi connectivity index (χ2n) is 6.06. The molecule has 2 atom stereocenters. The number of nitrogens with zero attached hydrogens (tertiary/aromatic N) is 5. The summed E-state index contributed by atoms with van der Waals surface area (Å²) in [5.74, 6) is 1.16. The smallest absolute Gasteiger partial charge is 0.236 e. The van der Waals surface area contributed by atoms with E-state index in [9.17, 15) is 4.79 Å². The average Bonchev–Trinajstić information content (AvgIpc) is 3.03. The summed E-state index contributed by atoms with van der Waals surface area (Å²) >= 11 is 0. The number of carbonyl (C=O) groups excluding carboxylic acids is 1. The molecule has 0 saturated carbocycles. The van der Waals surface area contributed by atoms with Crippen molar-refractivity contribution < 1.29 is 4.79 Å². The summed E-state index contributed by atoms with van der Waals surface area (Å²) in [5.41, 5.74) is 0.819. The molecule has 0 radical (unpaired) electrons. The molecule has 3 rings (SSSR count). The van der Waals surface area contributed by atoms with Gasteiger partial charge in [0.2, 0.25) is 5.91 Å². The lowest BCUT2D eigenvalue weighted by Crippen LogP contribution is -2.52. The number of carbonyl (C=O) groups is 1. The molecule has 3 heterocycles. The number of rotatable bonds is 3. The van der Waals surface area contributed by atoms with Gasteiger partial charge < -0.3 is 14.8 Å². The van der Waals surface area contributed by atoms with Crippen LogP contribution in [0.25, 0.3) is 11.0 Å². The van der Waals surface area contributed by atoms with Crippen LogP contribution in [0.5, 0.6) is 0 Å². The number of anilines is 1. The zero-order chi connectivity index (χ0) is 16.4. The molecule has 7 heteroatoms. The van der Waals surface area contributed by atoms with Crippen molar-refractivity contribution in [2.75, 3.05) is 25.0 Å². The van der Waals surface area contributed by atoms with Gasteiger partial charge in [0.1, 0.15) is 24.2 Å². The highest BCUT2D eigenvalue weighted by Gasteiger charge is 2.32. The molecule has 1 aliphatic rings. The van der Waals surface area contributed by atoms with E-state index in [-0.39, 0.29) is 18.4 Å². The van der Waals surface area contributed by atoms with Crippen LogP contribution in [0.4, 0.5) is 5.82 Å². The van der Waals surface area contributed by atoms with Gasteiger partial charge in [-0.15, -0.1) is 0 Å². The van der Waals surface area contributed by atoms with Gasteiger partial charge in [-0.1, -0.05) is 6.92 Å². The number of aromatic nitrogens is 3. The molecule has 0 aliphatic carbocycles. The molecule has 1 N–H and O–H groups in total. The Morgan fingerprint density at radius 1 is 1.57 bits per heavy atom. The highest BCUT2D eigenvalue weighted by Crippen LogP contribution is 2.28. The van der Waals surface area contributed by atoms with E-state index in [1.54, 1.807) is 18.3 Å². The van der Waals surface area contributed by atoms with E-state index in [4.69, 9.17) is 5.26 Å². The number of piperidine rings is 1. The van der Waals surface area contributed by atoms with Crippen molar-refractivity contribution in [1.29, 1.82) is 5.26 Å². The molecule has 1 saturated heterocycles. The molecule has 120 valence electrons. The summed E-state index contributed by atoms with van der Waals surface area (Å²) in [6, 6.07) is 3.99. The van der Waals surface area contributed by atoms with E-state index < -0.39 is 0 Å². The van der Waals surface area contributed by atoms with Gasteiger partial charge in [-0.3, -0.25) is 4.79 Å². The number of H-pyrrole nitrogens is 1. The number of hydrogen-bond acceptors (Lipinski definition) is 5. The Kier molecular flexibility index (Phi) is 4.15. The number of nitriles is 1. The van der Waals surface area contributed by atoms with Crippen LogP contribution < -0.4 is 4.90 Å². The largest absolute Gasteiger partial charge is 0.354 e. The van der Waals surface area contributed by atoms with Gasteiger partial charge in [-0.05, 0) is 18.4 Å². The zero-order valence-electron chi connectivity index (χ0n) is 13.4. The highest BCUT2D eigenvalue weighted by molar-refractivity contribution is 5.87. The van der Waals surface area contributed by atoms with Crippen LogP contribution in [0, 0.1) is 17.2 Å². The third kappa shape index (κ3) is 2.84. The van der Waals surface area contributed by atoms with E-state index in [0.717, 1.165) is 29.8 Å². The Hall–Kier alpha value is -2.62. The number of amides is 1. The van der Waals surface area contributed by atoms with E-state index in [2.05, 4.69) is 26.8 Å². The van der Waals surface area contributed by atoms with Crippen LogP contribution in [0.3, 0.4) is 0 Å². The van der Waals surface area contributed by atoms with Crippen LogP contribution in [-0.2, 0) is 4.79 Å². The van der Waals surface area contributed by atoms with Crippen LogP contribution in [0.1, 0.15) is 19.8 Å². The summed E-state index contributed by atoms with van der Waals surface area (Å²) in [4.78, 5) is 27.7. The number of hydrogen-bond donors (Lipinski definition) is 1. The number of fused-ring (bicyclic) bond motifs is 1. The molecule has 1 fully saturated rings. The fourth-order valence-corrected chi connectivity index (χ4v) is 3.23. The first-order valence-corrected chi connectivity index (χ1v) is 7.77. The summed E-state index contributed by atoms with van der Waals surface area (Å²) < 4.78 is 0. The lowest BCUT2D eigenvalue weighted by atomic mass is 9.92. The van der Waals surface area contributed by atoms with Crippen molar-refractivity contribution in [2.24, 2.45) is 5.92 Å². The number of aromatic amines is 1. The molecular weight excluding hydrogens is 292 g/mol. The Morgan fingerprint density at radius 2 is 2.39 bits per heavy atom. The number of nitrogens with one attached hydrogen (secondary N) is 1. The van der Waals surface area contributed by atoms with E-state index >= 15 is 0 Å². The van der Waals surface area contributed by atoms with E-state index in [0.29, 0.717) is 12.5 Å². The lowest BCUT2D eigenvalue weighted by molar-refractivity contribution is -0.131. The van der Waals surface area contributed by atoms with Gasteiger partial charge >= 0.3 is 0 Å². The monoisotopic (exact) mass is 312 g/mol. The standard InChI is InChI=1S/C16H20N6O/c1-11-5-8-22(9-13(11)21(2)14(23)3-6-17)16-12-4-7-18-15(12)19-10-20-16/h4,7,10-11,13H,3,5,8-9H2,1-2H3,(H,18,19,20)/t11-,13+/m1/s1. The summed E-state index contributed by atoms with van der Waals surface area (Å²) in [6.07, 6.45) is 4.32. The summed E-state index contributed by atoms with van der Waals surface area (Å²) in [5, 5.41) is 9.74. The molecule has 2 aromatic rings. The number of likely N-dealkylation sites (N-methyl/N-ethyl adjacent to an activating group) is 1. The third-order valence-corrected chi connectivity index (χ3v) is 4.67. The van der Waals surface area contributed by atoms with Gasteiger partial charge in [0.25, 0.3) is 0 Å². The Morgan fingerprint density at radius 3 is 3.17 bits per heavy atom. The van der Waals surface area contributed by atoms with Gasteiger partial charge in [-0.2, -0.15) is 5.26 Å². The van der Waals surface area contributed by atoms with E-state index in [1.807, 2.05) is 18.3 Å². The maximum atomic E-state index is 12.1. The predicted molar refractivity (Wildman–Crippen MR) is 86.7 cm³/mol. The van der Waals surface area contributed by atoms with Crippen molar-refractivity contribution in [3.05, 3.63) is 18.6 Å². The Balaban J connectivity index is 1.84. The van der Waals surface area contributed by atoms with Crippen molar-refractivity contribution in [2.45, 2.75) is 25.8 Å². The molecule has 0 aromatic carbocycles. The maximum Gasteiger partial charge on any atom is 0.236 e. The van der Waals surface area contributed by atoms with Crippen LogP contribution in [0.2, 0.25) is 0 Å². The molecule has 1 amide bonds. The molecule has 0 spiro atoms. The normalized spacial score (nSPS) is 21.2. The first kappa shape index (κ1) is 15.3. The third-order valence-electron chi connectivity index (χ3n) is 4.67. The molecule has 0 unspecified atom stereocenters. The SMILES string of the molecule is C[C@@H]1CCN(c2ncnc3[nH]ccc23)C[C@@H]1N(C)C(=O)CC#N. The highest BCUT2D eigenvalue weighted by atomic mass is 16.2. The molecule has 7 nitrogen and oxygen atoms in total. The lowest BCUT2D eigenvalue weighted by Gasteiger charge is -2.42. The minimum atomic E-state index is -0.124.